The Hall–Kier alpha value is -2.99. The van der Waals surface area contributed by atoms with Crippen molar-refractivity contribution in [3.63, 3.8) is 0 Å². The number of benzene rings is 1. The average molecular weight is 319 g/mol. The van der Waals surface area contributed by atoms with Crippen LogP contribution < -0.4 is 5.32 Å². The van der Waals surface area contributed by atoms with Crippen LogP contribution in [-0.2, 0) is 4.74 Å². The minimum Gasteiger partial charge on any atom is -0.383 e. The summed E-state index contributed by atoms with van der Waals surface area (Å²) in [6.45, 7) is 1.30. The molecule has 1 aromatic carbocycles. The number of allylic oxidation sites excluding steroid dienone is 4. The first kappa shape index (κ1) is 14.6. The lowest BCUT2D eigenvalue weighted by atomic mass is 10.0. The zero-order valence-electron chi connectivity index (χ0n) is 13.3. The van der Waals surface area contributed by atoms with Crippen LogP contribution in [-0.4, -0.2) is 40.1 Å². The Morgan fingerprint density at radius 3 is 2.71 bits per heavy atom. The molecule has 0 saturated carbocycles. The second-order valence-electron chi connectivity index (χ2n) is 5.47. The number of ether oxygens (including phenoxy) is 1. The molecule has 6 heteroatoms. The minimum atomic E-state index is 0.613. The Morgan fingerprint density at radius 1 is 1.17 bits per heavy atom. The van der Waals surface area contributed by atoms with Crippen LogP contribution in [0.4, 0.5) is 5.82 Å². The maximum atomic E-state index is 5.12. The number of aromatic nitrogens is 4. The van der Waals surface area contributed by atoms with Crippen molar-refractivity contribution in [1.29, 1.82) is 0 Å². The predicted molar refractivity (Wildman–Crippen MR) is 93.7 cm³/mol. The summed E-state index contributed by atoms with van der Waals surface area (Å²) in [5.74, 6) is 1.53. The van der Waals surface area contributed by atoms with Gasteiger partial charge in [-0.05, 0) is 11.6 Å². The smallest absolute Gasteiger partial charge is 0.185 e. The maximum absolute atomic E-state index is 5.12. The van der Waals surface area contributed by atoms with Gasteiger partial charge in [0.2, 0.25) is 0 Å². The molecule has 6 nitrogen and oxygen atoms in total. The zero-order valence-corrected chi connectivity index (χ0v) is 13.3. The molecule has 0 fully saturated rings. The van der Waals surface area contributed by atoms with Gasteiger partial charge in [0, 0.05) is 24.8 Å². The van der Waals surface area contributed by atoms with Crippen LogP contribution in [0.25, 0.3) is 22.6 Å². The highest BCUT2D eigenvalue weighted by Crippen LogP contribution is 2.29. The van der Waals surface area contributed by atoms with Gasteiger partial charge in [0.05, 0.1) is 6.61 Å². The van der Waals surface area contributed by atoms with Gasteiger partial charge < -0.3 is 10.1 Å². The molecule has 2 heterocycles. The molecule has 0 unspecified atom stereocenters. The quantitative estimate of drug-likeness (QED) is 0.708. The fourth-order valence-corrected chi connectivity index (χ4v) is 2.59. The van der Waals surface area contributed by atoms with Crippen molar-refractivity contribution in [3.8, 4) is 11.4 Å². The Bertz CT molecular complexity index is 927. The molecule has 4 rings (SSSR count). The molecule has 0 amide bonds. The summed E-state index contributed by atoms with van der Waals surface area (Å²) in [4.78, 5) is 0. The number of anilines is 1. The van der Waals surface area contributed by atoms with E-state index in [1.54, 1.807) is 11.6 Å². The van der Waals surface area contributed by atoms with Gasteiger partial charge in [0.15, 0.2) is 17.3 Å². The summed E-state index contributed by atoms with van der Waals surface area (Å²) in [6.07, 6.45) is 6.13. The average Bonchev–Trinajstić information content (AvgIpc) is 2.97. The summed E-state index contributed by atoms with van der Waals surface area (Å²) in [7, 11) is 1.68. The fraction of sp³-hybridized carbons (Fsp3) is 0.167. The van der Waals surface area contributed by atoms with E-state index in [0.29, 0.717) is 13.2 Å². The van der Waals surface area contributed by atoms with Crippen molar-refractivity contribution in [2.75, 3.05) is 25.6 Å². The predicted octanol–water partition coefficient (Wildman–Crippen LogP) is 2.80. The van der Waals surface area contributed by atoms with Gasteiger partial charge in [-0.3, -0.25) is 0 Å². The first-order valence-electron chi connectivity index (χ1n) is 7.80. The zero-order chi connectivity index (χ0) is 16.4. The lowest BCUT2D eigenvalue weighted by molar-refractivity contribution is 0.210. The van der Waals surface area contributed by atoms with Crippen LogP contribution in [0.2, 0.25) is 0 Å². The highest BCUT2D eigenvalue weighted by atomic mass is 16.5. The van der Waals surface area contributed by atoms with Gasteiger partial charge in [0.25, 0.3) is 0 Å². The Kier molecular flexibility index (Phi) is 3.80. The second-order valence-corrected chi connectivity index (χ2v) is 5.47. The van der Waals surface area contributed by atoms with Crippen LogP contribution in [0.15, 0.2) is 54.6 Å². The van der Waals surface area contributed by atoms with E-state index in [2.05, 4.69) is 27.7 Å². The van der Waals surface area contributed by atoms with Gasteiger partial charge in [-0.25, -0.2) is 0 Å². The van der Waals surface area contributed by atoms with Crippen LogP contribution in [0.1, 0.15) is 5.56 Å². The van der Waals surface area contributed by atoms with E-state index in [0.717, 1.165) is 34.0 Å². The molecule has 0 bridgehead atoms. The number of rotatable bonds is 6. The first-order chi connectivity index (χ1) is 11.9. The van der Waals surface area contributed by atoms with Crippen LogP contribution >= 0.6 is 0 Å². The number of hydrogen-bond donors (Lipinski definition) is 1. The molecule has 0 aliphatic heterocycles. The monoisotopic (exact) mass is 319 g/mol. The van der Waals surface area contributed by atoms with Crippen molar-refractivity contribution in [1.82, 2.24) is 19.8 Å². The highest BCUT2D eigenvalue weighted by molar-refractivity contribution is 5.87. The highest BCUT2D eigenvalue weighted by Gasteiger charge is 2.16. The van der Waals surface area contributed by atoms with Crippen LogP contribution in [0.3, 0.4) is 0 Å². The maximum Gasteiger partial charge on any atom is 0.185 e. The van der Waals surface area contributed by atoms with Crippen LogP contribution in [0.5, 0.6) is 0 Å². The van der Waals surface area contributed by atoms with E-state index in [9.17, 15) is 0 Å². The van der Waals surface area contributed by atoms with E-state index in [4.69, 9.17) is 9.84 Å². The normalized spacial score (nSPS) is 13.0. The fourth-order valence-electron chi connectivity index (χ4n) is 2.59. The van der Waals surface area contributed by atoms with Crippen molar-refractivity contribution >= 4 is 17.0 Å². The summed E-state index contributed by atoms with van der Waals surface area (Å²) < 4.78 is 6.89. The van der Waals surface area contributed by atoms with Crippen molar-refractivity contribution in [2.24, 2.45) is 0 Å². The van der Waals surface area contributed by atoms with Gasteiger partial charge >= 0.3 is 0 Å². The molecule has 0 radical (unpaired) electrons. The molecular weight excluding hydrogens is 302 g/mol. The first-order valence-corrected chi connectivity index (χ1v) is 7.80. The SMILES string of the molecule is COCCNc1nn2c(-c3ccccc3)nnc2cc1C1=CC=C1. The molecule has 1 aliphatic rings. The lowest BCUT2D eigenvalue weighted by Gasteiger charge is -2.14. The molecule has 2 aromatic heterocycles. The Balaban J connectivity index is 1.80. The van der Waals surface area contributed by atoms with E-state index < -0.39 is 0 Å². The Morgan fingerprint density at radius 2 is 2.00 bits per heavy atom. The number of nitrogens with zero attached hydrogens (tertiary/aromatic N) is 4. The molecule has 1 aliphatic carbocycles. The van der Waals surface area contributed by atoms with Crippen molar-refractivity contribution < 1.29 is 4.74 Å². The second kappa shape index (κ2) is 6.25. The van der Waals surface area contributed by atoms with E-state index in [-0.39, 0.29) is 0 Å². The third kappa shape index (κ3) is 2.57. The number of hydrogen-bond acceptors (Lipinski definition) is 5. The number of nitrogens with one attached hydrogen (secondary N) is 1. The number of fused-ring (bicyclic) bond motifs is 1. The van der Waals surface area contributed by atoms with Gasteiger partial charge in [-0.15, -0.1) is 15.3 Å². The molecule has 0 saturated heterocycles. The molecule has 120 valence electrons. The van der Waals surface area contributed by atoms with E-state index in [1.165, 1.54) is 0 Å². The third-order valence-electron chi connectivity index (χ3n) is 3.89. The van der Waals surface area contributed by atoms with Gasteiger partial charge in [-0.1, -0.05) is 48.6 Å². The molecule has 3 aromatic rings. The topological polar surface area (TPSA) is 64.3 Å². The van der Waals surface area contributed by atoms with E-state index >= 15 is 0 Å². The minimum absolute atomic E-state index is 0.613. The summed E-state index contributed by atoms with van der Waals surface area (Å²) >= 11 is 0. The van der Waals surface area contributed by atoms with Crippen molar-refractivity contribution in [2.45, 2.75) is 0 Å². The summed E-state index contributed by atoms with van der Waals surface area (Å²) in [6, 6.07) is 11.9. The molecular formula is C18H17N5O. The third-order valence-corrected chi connectivity index (χ3v) is 3.89. The number of methoxy groups -OCH3 is 1. The standard InChI is InChI=1S/C18H17N5O/c1-24-11-10-19-17-15(13-8-5-9-13)12-16-20-21-18(23(16)22-17)14-6-3-2-4-7-14/h2-9,12H,10-11H2,1H3,(H,19,22). The molecule has 1 N–H and O–H groups in total. The molecule has 0 spiro atoms. The summed E-state index contributed by atoms with van der Waals surface area (Å²) in [5.41, 5.74) is 3.86. The van der Waals surface area contributed by atoms with Gasteiger partial charge in [-0.2, -0.15) is 4.52 Å². The van der Waals surface area contributed by atoms with E-state index in [1.807, 2.05) is 42.5 Å². The summed E-state index contributed by atoms with van der Waals surface area (Å²) in [5, 5.41) is 16.7. The lowest BCUT2D eigenvalue weighted by Crippen LogP contribution is -2.13. The van der Waals surface area contributed by atoms with Gasteiger partial charge in [0.1, 0.15) is 0 Å². The van der Waals surface area contributed by atoms with Crippen LogP contribution in [0, 0.1) is 0 Å². The molecule has 24 heavy (non-hydrogen) atoms. The Labute approximate surface area is 139 Å². The molecule has 0 atom stereocenters. The largest absolute Gasteiger partial charge is 0.383 e. The van der Waals surface area contributed by atoms with Crippen molar-refractivity contribution in [3.05, 3.63) is 60.2 Å².